The van der Waals surface area contributed by atoms with Crippen LogP contribution in [0.25, 0.3) is 0 Å². The number of halogens is 3. The highest BCUT2D eigenvalue weighted by atomic mass is 32.1. The highest BCUT2D eigenvalue weighted by Crippen LogP contribution is 2.33. The summed E-state index contributed by atoms with van der Waals surface area (Å²) in [4.78, 5) is 17.4. The van der Waals surface area contributed by atoms with E-state index in [4.69, 9.17) is 0 Å². The lowest BCUT2D eigenvalue weighted by Gasteiger charge is -2.34. The van der Waals surface area contributed by atoms with Gasteiger partial charge in [0, 0.05) is 30.6 Å². The lowest BCUT2D eigenvalue weighted by Crippen LogP contribution is -2.54. The minimum atomic E-state index is -4.48. The summed E-state index contributed by atoms with van der Waals surface area (Å²) >= 11 is 0.472. The molecule has 0 aromatic carbocycles. The molecule has 2 fully saturated rings. The molecule has 2 atom stereocenters. The quantitative estimate of drug-likeness (QED) is 0.857. The number of aromatic nitrogens is 1. The van der Waals surface area contributed by atoms with Crippen molar-refractivity contribution in [3.63, 3.8) is 0 Å². The fourth-order valence-corrected chi connectivity index (χ4v) is 3.41. The van der Waals surface area contributed by atoms with Crippen LogP contribution in [-0.4, -0.2) is 41.0 Å². The highest BCUT2D eigenvalue weighted by molar-refractivity contribution is 7.09. The van der Waals surface area contributed by atoms with Crippen LogP contribution in [0.15, 0.2) is 5.38 Å². The summed E-state index contributed by atoms with van der Waals surface area (Å²) in [6, 6.07) is 0.171. The van der Waals surface area contributed by atoms with E-state index >= 15 is 0 Å². The molecule has 2 bridgehead atoms. The third kappa shape index (κ3) is 2.23. The van der Waals surface area contributed by atoms with Gasteiger partial charge in [0.2, 0.25) is 0 Å². The van der Waals surface area contributed by atoms with E-state index in [1.807, 2.05) is 0 Å². The molecule has 1 aromatic heterocycles. The van der Waals surface area contributed by atoms with Crippen molar-refractivity contribution in [2.75, 3.05) is 13.1 Å². The van der Waals surface area contributed by atoms with E-state index in [1.54, 1.807) is 4.90 Å². The molecule has 0 aliphatic carbocycles. The van der Waals surface area contributed by atoms with Crippen LogP contribution in [0.3, 0.4) is 0 Å². The number of alkyl halides is 3. The number of thiazole rings is 1. The monoisotopic (exact) mass is 291 g/mol. The molecule has 1 aromatic rings. The largest absolute Gasteiger partial charge is 0.443 e. The lowest BCUT2D eigenvalue weighted by molar-refractivity contribution is -0.137. The molecule has 1 amide bonds. The van der Waals surface area contributed by atoms with E-state index in [-0.39, 0.29) is 23.7 Å². The molecule has 0 spiro atoms. The van der Waals surface area contributed by atoms with E-state index in [0.29, 0.717) is 24.4 Å². The van der Waals surface area contributed by atoms with Crippen LogP contribution in [0.5, 0.6) is 0 Å². The van der Waals surface area contributed by atoms with Crippen molar-refractivity contribution in [1.29, 1.82) is 0 Å². The number of piperazine rings is 1. The molecule has 2 saturated heterocycles. The van der Waals surface area contributed by atoms with Crippen molar-refractivity contribution in [3.05, 3.63) is 16.1 Å². The number of hydrogen-bond acceptors (Lipinski definition) is 4. The number of carbonyl (C=O) groups excluding carboxylic acids is 1. The van der Waals surface area contributed by atoms with Crippen LogP contribution >= 0.6 is 11.3 Å². The number of nitrogens with one attached hydrogen (secondary N) is 1. The van der Waals surface area contributed by atoms with Gasteiger partial charge < -0.3 is 10.2 Å². The summed E-state index contributed by atoms with van der Waals surface area (Å²) in [7, 11) is 0. The summed E-state index contributed by atoms with van der Waals surface area (Å²) in [6.07, 6.45) is -2.68. The van der Waals surface area contributed by atoms with Crippen molar-refractivity contribution in [1.82, 2.24) is 15.2 Å². The zero-order valence-corrected chi connectivity index (χ0v) is 10.7. The normalized spacial score (nSPS) is 26.8. The van der Waals surface area contributed by atoms with Crippen LogP contribution in [-0.2, 0) is 6.18 Å². The average Bonchev–Trinajstić information content (AvgIpc) is 2.92. The van der Waals surface area contributed by atoms with Crippen molar-refractivity contribution in [2.45, 2.75) is 31.1 Å². The second-order valence-corrected chi connectivity index (χ2v) is 5.65. The van der Waals surface area contributed by atoms with Gasteiger partial charge in [-0.1, -0.05) is 0 Å². The van der Waals surface area contributed by atoms with Gasteiger partial charge in [0.15, 0.2) is 5.01 Å². The molecule has 8 heteroatoms. The van der Waals surface area contributed by atoms with Crippen molar-refractivity contribution in [3.8, 4) is 0 Å². The van der Waals surface area contributed by atoms with Crippen molar-refractivity contribution >= 4 is 17.2 Å². The van der Waals surface area contributed by atoms with Gasteiger partial charge in [-0.2, -0.15) is 13.2 Å². The van der Waals surface area contributed by atoms with Crippen molar-refractivity contribution < 1.29 is 18.0 Å². The first-order valence-corrected chi connectivity index (χ1v) is 6.91. The molecule has 3 heterocycles. The highest BCUT2D eigenvalue weighted by Gasteiger charge is 2.41. The summed E-state index contributed by atoms with van der Waals surface area (Å²) < 4.78 is 37.5. The van der Waals surface area contributed by atoms with Crippen LogP contribution in [0.2, 0.25) is 0 Å². The second-order valence-electron chi connectivity index (χ2n) is 4.79. The molecule has 3 rings (SSSR count). The fourth-order valence-electron chi connectivity index (χ4n) is 2.74. The number of rotatable bonds is 1. The Labute approximate surface area is 111 Å². The van der Waals surface area contributed by atoms with Gasteiger partial charge in [-0.15, -0.1) is 11.3 Å². The minimum Gasteiger partial charge on any atom is -0.329 e. The maximum atomic E-state index is 12.5. The van der Waals surface area contributed by atoms with Crippen LogP contribution in [0.4, 0.5) is 13.2 Å². The van der Waals surface area contributed by atoms with Gasteiger partial charge in [-0.3, -0.25) is 4.79 Å². The van der Waals surface area contributed by atoms with Crippen LogP contribution in [0, 0.1) is 0 Å². The molecule has 1 N–H and O–H groups in total. The first kappa shape index (κ1) is 12.9. The number of carbonyl (C=O) groups is 1. The summed E-state index contributed by atoms with van der Waals surface area (Å²) in [5.74, 6) is -0.374. The molecule has 2 aliphatic rings. The summed E-state index contributed by atoms with van der Waals surface area (Å²) in [5.41, 5.74) is -0.0869. The third-order valence-electron chi connectivity index (χ3n) is 3.58. The van der Waals surface area contributed by atoms with E-state index in [0.717, 1.165) is 12.8 Å². The molecule has 19 heavy (non-hydrogen) atoms. The molecule has 104 valence electrons. The fraction of sp³-hybridized carbons (Fsp3) is 0.636. The maximum Gasteiger partial charge on any atom is 0.443 e. The Balaban J connectivity index is 1.83. The molecular formula is C11H12F3N3OS. The van der Waals surface area contributed by atoms with Gasteiger partial charge in [0.25, 0.3) is 5.91 Å². The number of nitrogens with zero attached hydrogens (tertiary/aromatic N) is 2. The van der Waals surface area contributed by atoms with Crippen molar-refractivity contribution in [2.24, 2.45) is 0 Å². The Morgan fingerprint density at radius 2 is 2.00 bits per heavy atom. The van der Waals surface area contributed by atoms with Gasteiger partial charge in [-0.05, 0) is 12.8 Å². The Hall–Kier alpha value is -1.15. The standard InChI is InChI=1S/C11H12F3N3OS/c12-11(13,14)10-16-8(5-19-10)9(18)17-6-1-2-7(17)4-15-3-6/h5-7,15H,1-4H2. The predicted molar refractivity (Wildman–Crippen MR) is 63.0 cm³/mol. The first-order chi connectivity index (χ1) is 8.97. The van der Waals surface area contributed by atoms with Crippen LogP contribution < -0.4 is 5.32 Å². The Kier molecular flexibility index (Phi) is 3.01. The zero-order chi connectivity index (χ0) is 13.6. The van der Waals surface area contributed by atoms with E-state index in [2.05, 4.69) is 10.3 Å². The number of amides is 1. The molecule has 0 radical (unpaired) electrons. The average molecular weight is 291 g/mol. The van der Waals surface area contributed by atoms with Crippen LogP contribution in [0.1, 0.15) is 28.3 Å². The Bertz CT molecular complexity index is 486. The first-order valence-electron chi connectivity index (χ1n) is 6.03. The van der Waals surface area contributed by atoms with Gasteiger partial charge in [0.05, 0.1) is 0 Å². The van der Waals surface area contributed by atoms with Gasteiger partial charge in [0.1, 0.15) is 5.69 Å². The second kappa shape index (κ2) is 4.45. The number of fused-ring (bicyclic) bond motifs is 2. The molecule has 4 nitrogen and oxygen atoms in total. The molecule has 2 aliphatic heterocycles. The lowest BCUT2D eigenvalue weighted by atomic mass is 10.2. The topological polar surface area (TPSA) is 45.2 Å². The minimum absolute atomic E-state index is 0.0855. The smallest absolute Gasteiger partial charge is 0.329 e. The predicted octanol–water partition coefficient (Wildman–Crippen LogP) is 1.74. The van der Waals surface area contributed by atoms with E-state index in [1.165, 1.54) is 5.38 Å². The van der Waals surface area contributed by atoms with Gasteiger partial charge >= 0.3 is 6.18 Å². The third-order valence-corrected chi connectivity index (χ3v) is 4.47. The summed E-state index contributed by atoms with van der Waals surface area (Å²) in [6.45, 7) is 1.41. The molecular weight excluding hydrogens is 279 g/mol. The SMILES string of the molecule is O=C(c1csc(C(F)(F)F)n1)N1C2CCC1CNC2. The Morgan fingerprint density at radius 1 is 1.37 bits per heavy atom. The summed E-state index contributed by atoms with van der Waals surface area (Å²) in [5, 5.41) is 3.46. The zero-order valence-electron chi connectivity index (χ0n) is 9.91. The van der Waals surface area contributed by atoms with Gasteiger partial charge in [-0.25, -0.2) is 4.98 Å². The Morgan fingerprint density at radius 3 is 2.53 bits per heavy atom. The molecule has 2 unspecified atom stereocenters. The van der Waals surface area contributed by atoms with E-state index in [9.17, 15) is 18.0 Å². The number of hydrogen-bond donors (Lipinski definition) is 1. The maximum absolute atomic E-state index is 12.5. The van der Waals surface area contributed by atoms with E-state index < -0.39 is 11.2 Å². The molecule has 0 saturated carbocycles.